The van der Waals surface area contributed by atoms with E-state index < -0.39 is 15.5 Å². The van der Waals surface area contributed by atoms with Crippen LogP contribution in [0.2, 0.25) is 0 Å². The lowest BCUT2D eigenvalue weighted by molar-refractivity contribution is -0.0418. The fourth-order valence-corrected chi connectivity index (χ4v) is 1.96. The molecule has 0 bridgehead atoms. The third kappa shape index (κ3) is 2.06. The van der Waals surface area contributed by atoms with E-state index >= 15 is 0 Å². The van der Waals surface area contributed by atoms with Crippen LogP contribution in [0.15, 0.2) is 23.6 Å². The van der Waals surface area contributed by atoms with Crippen molar-refractivity contribution in [3.63, 3.8) is 0 Å². The summed E-state index contributed by atoms with van der Waals surface area (Å²) in [6, 6.07) is 1.52. The maximum atomic E-state index is 11.6. The summed E-state index contributed by atoms with van der Waals surface area (Å²) >= 11 is 0. The maximum Gasteiger partial charge on any atom is 0.270 e. The molecule has 0 spiro atoms. The highest BCUT2D eigenvalue weighted by molar-refractivity contribution is 7.91. The van der Waals surface area contributed by atoms with E-state index in [4.69, 9.17) is 0 Å². The molecule has 0 aromatic carbocycles. The number of nitrogens with zero attached hydrogens (tertiary/aromatic N) is 2. The topological polar surface area (TPSA) is 78.4 Å². The van der Waals surface area contributed by atoms with Gasteiger partial charge in [0, 0.05) is 26.6 Å². The average Bonchev–Trinajstić information content (AvgIpc) is 2.20. The summed E-state index contributed by atoms with van der Waals surface area (Å²) in [5.74, 6) is 0. The molecule has 0 N–H and O–H groups in total. The van der Waals surface area contributed by atoms with E-state index in [2.05, 4.69) is 19.4 Å². The van der Waals surface area contributed by atoms with E-state index in [0.717, 1.165) is 0 Å². The van der Waals surface area contributed by atoms with Crippen LogP contribution in [0, 0.1) is 0 Å². The standard InChI is InChI=1S/C7H10N2O4S/c1-12-7(13-2)14(10,11)6-8-4-3-5-9-6/h3-5,7H,1-2H3. The molecule has 7 heteroatoms. The Balaban J connectivity index is 3.08. The second-order valence-electron chi connectivity index (χ2n) is 2.34. The first-order chi connectivity index (χ1) is 6.62. The zero-order chi connectivity index (χ0) is 10.6. The van der Waals surface area contributed by atoms with Crippen molar-refractivity contribution in [2.75, 3.05) is 14.2 Å². The summed E-state index contributed by atoms with van der Waals surface area (Å²) < 4.78 is 32.5. The highest BCUT2D eigenvalue weighted by atomic mass is 32.2. The van der Waals surface area contributed by atoms with Crippen molar-refractivity contribution in [3.05, 3.63) is 18.5 Å². The van der Waals surface area contributed by atoms with Crippen LogP contribution in [0.1, 0.15) is 0 Å². The molecule has 1 aromatic rings. The lowest BCUT2D eigenvalue weighted by Gasteiger charge is -2.11. The van der Waals surface area contributed by atoms with Crippen LogP contribution >= 0.6 is 0 Å². The molecule has 1 rings (SSSR count). The molecule has 0 aliphatic rings. The largest absolute Gasteiger partial charge is 0.343 e. The summed E-state index contributed by atoms with van der Waals surface area (Å²) in [6.07, 6.45) is 2.67. The second-order valence-corrected chi connectivity index (χ2v) is 4.18. The molecule has 0 atom stereocenters. The third-order valence-corrected chi connectivity index (χ3v) is 3.05. The molecule has 0 amide bonds. The van der Waals surface area contributed by atoms with Crippen molar-refractivity contribution >= 4 is 9.84 Å². The molecule has 14 heavy (non-hydrogen) atoms. The number of aromatic nitrogens is 2. The fourth-order valence-electron chi connectivity index (χ4n) is 0.868. The molecule has 0 fully saturated rings. The van der Waals surface area contributed by atoms with Crippen molar-refractivity contribution in [1.29, 1.82) is 0 Å². The number of hydrogen-bond acceptors (Lipinski definition) is 6. The van der Waals surface area contributed by atoms with Gasteiger partial charge in [-0.05, 0) is 6.07 Å². The summed E-state index contributed by atoms with van der Waals surface area (Å²) in [5.41, 5.74) is -1.37. The van der Waals surface area contributed by atoms with Gasteiger partial charge in [0.15, 0.2) is 0 Å². The summed E-state index contributed by atoms with van der Waals surface area (Å²) in [5, 5.41) is -0.311. The molecule has 0 aliphatic heterocycles. The zero-order valence-corrected chi connectivity index (χ0v) is 8.56. The summed E-state index contributed by atoms with van der Waals surface area (Å²) in [4.78, 5) is 7.22. The van der Waals surface area contributed by atoms with Crippen LogP contribution in [0.25, 0.3) is 0 Å². The Kier molecular flexibility index (Phi) is 3.50. The van der Waals surface area contributed by atoms with E-state index in [-0.39, 0.29) is 5.16 Å². The molecular formula is C7H10N2O4S. The molecule has 6 nitrogen and oxygen atoms in total. The van der Waals surface area contributed by atoms with E-state index in [0.29, 0.717) is 0 Å². The maximum absolute atomic E-state index is 11.6. The van der Waals surface area contributed by atoms with Crippen molar-refractivity contribution in [2.45, 2.75) is 10.8 Å². The van der Waals surface area contributed by atoms with Gasteiger partial charge < -0.3 is 9.47 Å². The van der Waals surface area contributed by atoms with Gasteiger partial charge in [-0.3, -0.25) is 0 Å². The second kappa shape index (κ2) is 4.45. The van der Waals surface area contributed by atoms with Gasteiger partial charge in [0.2, 0.25) is 0 Å². The lowest BCUT2D eigenvalue weighted by Crippen LogP contribution is -2.26. The minimum Gasteiger partial charge on any atom is -0.343 e. The first-order valence-electron chi connectivity index (χ1n) is 3.69. The zero-order valence-electron chi connectivity index (χ0n) is 7.75. The predicted molar refractivity (Wildman–Crippen MR) is 47.0 cm³/mol. The van der Waals surface area contributed by atoms with Gasteiger partial charge in [0.25, 0.3) is 20.6 Å². The number of ether oxygens (including phenoxy) is 2. The normalized spacial score (nSPS) is 11.9. The Labute approximate surface area is 81.8 Å². The first-order valence-corrected chi connectivity index (χ1v) is 5.24. The Hall–Kier alpha value is -1.05. The van der Waals surface area contributed by atoms with Gasteiger partial charge in [0.1, 0.15) is 0 Å². The molecule has 0 unspecified atom stereocenters. The van der Waals surface area contributed by atoms with Crippen LogP contribution in [0.5, 0.6) is 0 Å². The minimum absolute atomic E-state index is 0.311. The Morgan fingerprint density at radius 1 is 1.21 bits per heavy atom. The van der Waals surface area contributed by atoms with Crippen molar-refractivity contribution in [2.24, 2.45) is 0 Å². The van der Waals surface area contributed by atoms with Gasteiger partial charge in [-0.25, -0.2) is 18.4 Å². The van der Waals surface area contributed by atoms with Gasteiger partial charge >= 0.3 is 0 Å². The molecule has 78 valence electrons. The number of sulfone groups is 1. The first kappa shape index (κ1) is 11.0. The highest BCUT2D eigenvalue weighted by Crippen LogP contribution is 2.11. The van der Waals surface area contributed by atoms with Crippen LogP contribution < -0.4 is 0 Å². The fraction of sp³-hybridized carbons (Fsp3) is 0.429. The number of hydrogen-bond donors (Lipinski definition) is 0. The molecule has 0 aliphatic carbocycles. The molecule has 1 heterocycles. The van der Waals surface area contributed by atoms with Gasteiger partial charge in [-0.2, -0.15) is 0 Å². The van der Waals surface area contributed by atoms with Crippen LogP contribution in [0.4, 0.5) is 0 Å². The van der Waals surface area contributed by atoms with E-state index in [1.807, 2.05) is 0 Å². The van der Waals surface area contributed by atoms with E-state index in [1.54, 1.807) is 0 Å². The number of methoxy groups -OCH3 is 2. The Morgan fingerprint density at radius 2 is 1.71 bits per heavy atom. The van der Waals surface area contributed by atoms with Gasteiger partial charge in [0.05, 0.1) is 0 Å². The summed E-state index contributed by atoms with van der Waals surface area (Å²) in [7, 11) is -1.31. The minimum atomic E-state index is -3.77. The summed E-state index contributed by atoms with van der Waals surface area (Å²) in [6.45, 7) is 0. The Morgan fingerprint density at radius 3 is 2.14 bits per heavy atom. The van der Waals surface area contributed by atoms with Crippen molar-refractivity contribution < 1.29 is 17.9 Å². The van der Waals surface area contributed by atoms with Gasteiger partial charge in [-0.15, -0.1) is 0 Å². The Bertz CT molecular complexity index is 374. The van der Waals surface area contributed by atoms with Crippen molar-refractivity contribution in [3.8, 4) is 0 Å². The van der Waals surface area contributed by atoms with Crippen molar-refractivity contribution in [1.82, 2.24) is 9.97 Å². The molecule has 0 saturated carbocycles. The third-order valence-electron chi connectivity index (χ3n) is 1.43. The smallest absolute Gasteiger partial charge is 0.270 e. The quantitative estimate of drug-likeness (QED) is 0.515. The average molecular weight is 218 g/mol. The van der Waals surface area contributed by atoms with E-state index in [9.17, 15) is 8.42 Å². The van der Waals surface area contributed by atoms with Gasteiger partial charge in [-0.1, -0.05) is 0 Å². The highest BCUT2D eigenvalue weighted by Gasteiger charge is 2.29. The molecule has 0 radical (unpaired) electrons. The van der Waals surface area contributed by atoms with Crippen LogP contribution in [0.3, 0.4) is 0 Å². The molecular weight excluding hydrogens is 208 g/mol. The molecule has 0 saturated heterocycles. The van der Waals surface area contributed by atoms with E-state index in [1.165, 1.54) is 32.7 Å². The lowest BCUT2D eigenvalue weighted by atomic mass is 10.7. The SMILES string of the molecule is COC(OC)S(=O)(=O)c1ncccn1. The predicted octanol–water partition coefficient (Wildman–Crippen LogP) is -0.173. The van der Waals surface area contributed by atoms with Crippen LogP contribution in [-0.4, -0.2) is 38.2 Å². The molecule has 1 aromatic heterocycles. The van der Waals surface area contributed by atoms with Crippen LogP contribution in [-0.2, 0) is 19.3 Å². The monoisotopic (exact) mass is 218 g/mol. The number of rotatable bonds is 4.